The Kier molecular flexibility index (Phi) is 5.47. The van der Waals surface area contributed by atoms with Gasteiger partial charge in [0.25, 0.3) is 15.9 Å². The second-order valence-electron chi connectivity index (χ2n) is 5.46. The maximum absolute atomic E-state index is 12.4. The summed E-state index contributed by atoms with van der Waals surface area (Å²) < 4.78 is 27.0. The van der Waals surface area contributed by atoms with Crippen LogP contribution in [0.15, 0.2) is 59.9 Å². The van der Waals surface area contributed by atoms with Crippen molar-refractivity contribution in [2.24, 2.45) is 0 Å². The first-order valence-electron chi connectivity index (χ1n) is 7.86. The summed E-state index contributed by atoms with van der Waals surface area (Å²) in [6.07, 6.45) is 3.46. The SMILES string of the molecule is N#CC(=CNc1ccc(S(=O)(=O)NC(=O)c2ccc[n+]([O-])c2)cc1)c1nn[nH]n1. The van der Waals surface area contributed by atoms with E-state index < -0.39 is 15.9 Å². The van der Waals surface area contributed by atoms with Crippen LogP contribution in [-0.2, 0) is 10.0 Å². The van der Waals surface area contributed by atoms with Crippen molar-refractivity contribution in [3.63, 3.8) is 0 Å². The number of amides is 1. The third-order valence-corrected chi connectivity index (χ3v) is 4.87. The van der Waals surface area contributed by atoms with Crippen LogP contribution in [0.1, 0.15) is 16.2 Å². The van der Waals surface area contributed by atoms with Gasteiger partial charge < -0.3 is 10.5 Å². The number of tetrazole rings is 1. The molecule has 3 aromatic rings. The number of aromatic nitrogens is 5. The molecule has 0 saturated carbocycles. The summed E-state index contributed by atoms with van der Waals surface area (Å²) in [7, 11) is -4.15. The lowest BCUT2D eigenvalue weighted by molar-refractivity contribution is -0.605. The van der Waals surface area contributed by atoms with Crippen LogP contribution in [-0.4, -0.2) is 34.9 Å². The van der Waals surface area contributed by atoms with Gasteiger partial charge in [0.15, 0.2) is 12.4 Å². The van der Waals surface area contributed by atoms with E-state index in [1.165, 1.54) is 48.8 Å². The predicted octanol–water partition coefficient (Wildman–Crippen LogP) is -0.0716. The Balaban J connectivity index is 1.72. The smallest absolute Gasteiger partial charge is 0.271 e. The minimum Gasteiger partial charge on any atom is -0.619 e. The Morgan fingerprint density at radius 3 is 2.66 bits per heavy atom. The van der Waals surface area contributed by atoms with Gasteiger partial charge in [-0.05, 0) is 35.5 Å². The molecule has 0 bridgehead atoms. The molecule has 146 valence electrons. The number of benzene rings is 1. The highest BCUT2D eigenvalue weighted by Gasteiger charge is 2.20. The highest BCUT2D eigenvalue weighted by atomic mass is 32.2. The number of allylic oxidation sites excluding steroid dienone is 1. The van der Waals surface area contributed by atoms with E-state index >= 15 is 0 Å². The number of nitrogens with zero attached hydrogens (tertiary/aromatic N) is 5. The minimum atomic E-state index is -4.15. The van der Waals surface area contributed by atoms with Gasteiger partial charge in [0.1, 0.15) is 17.2 Å². The van der Waals surface area contributed by atoms with E-state index in [1.54, 1.807) is 0 Å². The standard InChI is InChI=1S/C16H12N8O4S/c17-8-12(15-19-22-23-20-15)9-18-13-3-5-14(6-4-13)29(27,28)21-16(25)11-2-1-7-24(26)10-11/h1-7,9-10,18H,(H,21,25)(H,19,20,22,23). The lowest BCUT2D eigenvalue weighted by Gasteiger charge is -2.08. The molecule has 2 aromatic heterocycles. The summed E-state index contributed by atoms with van der Waals surface area (Å²) in [5.41, 5.74) is 0.489. The molecule has 3 N–H and O–H groups in total. The lowest BCUT2D eigenvalue weighted by Crippen LogP contribution is -2.33. The number of nitriles is 1. The number of carbonyl (C=O) groups excluding carboxylic acids is 1. The average molecular weight is 412 g/mol. The van der Waals surface area contributed by atoms with Gasteiger partial charge in [0.2, 0.25) is 5.82 Å². The van der Waals surface area contributed by atoms with Crippen molar-refractivity contribution in [2.45, 2.75) is 4.90 Å². The molecule has 0 saturated heterocycles. The second kappa shape index (κ2) is 8.15. The Hall–Kier alpha value is -4.31. The zero-order chi connectivity index (χ0) is 20.9. The maximum atomic E-state index is 12.4. The van der Waals surface area contributed by atoms with E-state index in [4.69, 9.17) is 5.26 Å². The molecule has 0 fully saturated rings. The number of carbonyl (C=O) groups is 1. The highest BCUT2D eigenvalue weighted by Crippen LogP contribution is 2.15. The number of pyridine rings is 1. The van der Waals surface area contributed by atoms with Crippen molar-refractivity contribution in [1.82, 2.24) is 25.3 Å². The quantitative estimate of drug-likeness (QED) is 0.283. The number of anilines is 1. The zero-order valence-corrected chi connectivity index (χ0v) is 15.3. The normalized spacial score (nSPS) is 11.5. The van der Waals surface area contributed by atoms with Crippen molar-refractivity contribution >= 4 is 27.2 Å². The third kappa shape index (κ3) is 4.70. The number of nitrogens with one attached hydrogen (secondary N) is 3. The Morgan fingerprint density at radius 2 is 2.03 bits per heavy atom. The first kappa shape index (κ1) is 19.5. The molecule has 2 heterocycles. The number of sulfonamides is 1. The topological polar surface area (TPSA) is 180 Å². The molecule has 0 aliphatic rings. The van der Waals surface area contributed by atoms with Gasteiger partial charge in [-0.1, -0.05) is 0 Å². The van der Waals surface area contributed by atoms with E-state index in [-0.39, 0.29) is 21.9 Å². The summed E-state index contributed by atoms with van der Waals surface area (Å²) in [5.74, 6) is -0.832. The van der Waals surface area contributed by atoms with Crippen LogP contribution in [0, 0.1) is 16.5 Å². The van der Waals surface area contributed by atoms with E-state index in [2.05, 4.69) is 25.9 Å². The molecule has 0 spiro atoms. The Labute approximate surface area is 164 Å². The van der Waals surface area contributed by atoms with Gasteiger partial charge in [0, 0.05) is 18.0 Å². The molecular formula is C16H12N8O4S. The molecule has 0 atom stereocenters. The molecule has 29 heavy (non-hydrogen) atoms. The lowest BCUT2D eigenvalue weighted by atomic mass is 10.3. The molecular weight excluding hydrogens is 400 g/mol. The Bertz CT molecular complexity index is 1200. The van der Waals surface area contributed by atoms with Crippen LogP contribution in [0.4, 0.5) is 5.69 Å². The molecule has 0 radical (unpaired) electrons. The fourth-order valence-corrected chi connectivity index (χ4v) is 3.11. The van der Waals surface area contributed by atoms with Crippen molar-refractivity contribution in [3.8, 4) is 6.07 Å². The highest BCUT2D eigenvalue weighted by molar-refractivity contribution is 7.90. The molecule has 1 amide bonds. The zero-order valence-electron chi connectivity index (χ0n) is 14.5. The number of hydrogen-bond acceptors (Lipinski definition) is 9. The number of H-pyrrole nitrogens is 1. The molecule has 0 aliphatic carbocycles. The van der Waals surface area contributed by atoms with Crippen LogP contribution < -0.4 is 14.8 Å². The van der Waals surface area contributed by atoms with Crippen LogP contribution in [0.5, 0.6) is 0 Å². The molecule has 0 unspecified atom stereocenters. The van der Waals surface area contributed by atoms with Crippen LogP contribution >= 0.6 is 0 Å². The van der Waals surface area contributed by atoms with Gasteiger partial charge in [0.05, 0.1) is 4.90 Å². The van der Waals surface area contributed by atoms with Crippen molar-refractivity contribution in [3.05, 3.63) is 71.6 Å². The molecule has 13 heteroatoms. The monoisotopic (exact) mass is 412 g/mol. The van der Waals surface area contributed by atoms with Gasteiger partial charge in [-0.25, -0.2) is 13.1 Å². The van der Waals surface area contributed by atoms with Crippen molar-refractivity contribution in [1.29, 1.82) is 5.26 Å². The molecule has 0 aliphatic heterocycles. The van der Waals surface area contributed by atoms with E-state index in [0.29, 0.717) is 10.4 Å². The minimum absolute atomic E-state index is 0.0972. The molecule has 1 aromatic carbocycles. The number of hydrogen-bond donors (Lipinski definition) is 3. The van der Waals surface area contributed by atoms with Crippen LogP contribution in [0.25, 0.3) is 5.57 Å². The van der Waals surface area contributed by atoms with Crippen LogP contribution in [0.3, 0.4) is 0 Å². The van der Waals surface area contributed by atoms with E-state index in [1.807, 2.05) is 10.8 Å². The first-order valence-corrected chi connectivity index (χ1v) is 9.34. The fraction of sp³-hybridized carbons (Fsp3) is 0. The Morgan fingerprint density at radius 1 is 1.28 bits per heavy atom. The number of aromatic amines is 1. The van der Waals surface area contributed by atoms with E-state index in [0.717, 1.165) is 6.20 Å². The van der Waals surface area contributed by atoms with Gasteiger partial charge >= 0.3 is 0 Å². The summed E-state index contributed by atoms with van der Waals surface area (Å²) in [6, 6.07) is 9.95. The number of rotatable bonds is 6. The predicted molar refractivity (Wildman–Crippen MR) is 97.9 cm³/mol. The van der Waals surface area contributed by atoms with Gasteiger partial charge in [-0.15, -0.1) is 10.2 Å². The fourth-order valence-electron chi connectivity index (χ4n) is 2.14. The third-order valence-electron chi connectivity index (χ3n) is 3.52. The molecule has 12 nitrogen and oxygen atoms in total. The summed E-state index contributed by atoms with van der Waals surface area (Å²) in [5, 5.41) is 36.1. The van der Waals surface area contributed by atoms with Gasteiger partial charge in [-0.2, -0.15) is 15.2 Å². The molecule has 3 rings (SSSR count). The van der Waals surface area contributed by atoms with Gasteiger partial charge in [-0.3, -0.25) is 4.79 Å². The maximum Gasteiger partial charge on any atom is 0.271 e. The average Bonchev–Trinajstić information content (AvgIpc) is 3.23. The summed E-state index contributed by atoms with van der Waals surface area (Å²) in [4.78, 5) is 11.9. The van der Waals surface area contributed by atoms with E-state index in [9.17, 15) is 18.4 Å². The first-order chi connectivity index (χ1) is 13.9. The van der Waals surface area contributed by atoms with Crippen molar-refractivity contribution in [2.75, 3.05) is 5.32 Å². The second-order valence-corrected chi connectivity index (χ2v) is 7.14. The van der Waals surface area contributed by atoms with Crippen LogP contribution in [0.2, 0.25) is 0 Å². The summed E-state index contributed by atoms with van der Waals surface area (Å²) >= 11 is 0. The van der Waals surface area contributed by atoms with Crippen molar-refractivity contribution < 1.29 is 17.9 Å². The largest absolute Gasteiger partial charge is 0.619 e. The summed E-state index contributed by atoms with van der Waals surface area (Å²) in [6.45, 7) is 0.